The van der Waals surface area contributed by atoms with E-state index in [4.69, 9.17) is 0 Å². The van der Waals surface area contributed by atoms with Gasteiger partial charge in [0.15, 0.2) is 5.82 Å². The van der Waals surface area contributed by atoms with Gasteiger partial charge >= 0.3 is 0 Å². The highest BCUT2D eigenvalue weighted by molar-refractivity contribution is 5.97. The van der Waals surface area contributed by atoms with Crippen LogP contribution < -0.4 is 15.1 Å². The molecule has 4 aliphatic carbocycles. The van der Waals surface area contributed by atoms with Gasteiger partial charge in [-0.3, -0.25) is 4.79 Å². The Morgan fingerprint density at radius 3 is 2.08 bits per heavy atom. The van der Waals surface area contributed by atoms with Crippen LogP contribution in [0.1, 0.15) is 38.5 Å². The molecule has 0 saturated heterocycles. The van der Waals surface area contributed by atoms with Crippen LogP contribution in [0.15, 0.2) is 6.20 Å². The highest BCUT2D eigenvalue weighted by Crippen LogP contribution is 2.60. The van der Waals surface area contributed by atoms with Crippen LogP contribution >= 0.6 is 0 Å². The number of rotatable bonds is 4. The van der Waals surface area contributed by atoms with Gasteiger partial charge < -0.3 is 15.1 Å². The van der Waals surface area contributed by atoms with Crippen molar-refractivity contribution in [3.8, 4) is 0 Å². The number of carbonyl (C=O) groups is 1. The number of amides is 1. The number of hydrogen-bond acceptors (Lipinski definition) is 5. The molecule has 0 spiro atoms. The average Bonchev–Trinajstić information content (AvgIpc) is 2.53. The van der Waals surface area contributed by atoms with E-state index < -0.39 is 0 Å². The Kier molecular flexibility index (Phi) is 3.89. The van der Waals surface area contributed by atoms with E-state index in [-0.39, 0.29) is 11.3 Å². The number of nitrogens with one attached hydrogen (secondary N) is 1. The Balaban J connectivity index is 1.59. The predicted molar refractivity (Wildman–Crippen MR) is 99.9 cm³/mol. The van der Waals surface area contributed by atoms with Gasteiger partial charge in [0.2, 0.25) is 11.9 Å². The van der Waals surface area contributed by atoms with E-state index in [1.165, 1.54) is 19.3 Å². The summed E-state index contributed by atoms with van der Waals surface area (Å²) in [5.74, 6) is 3.89. The summed E-state index contributed by atoms with van der Waals surface area (Å²) >= 11 is 0. The Morgan fingerprint density at radius 1 is 1.04 bits per heavy atom. The molecule has 1 aromatic rings. The van der Waals surface area contributed by atoms with Crippen LogP contribution in [0.2, 0.25) is 0 Å². The van der Waals surface area contributed by atoms with E-state index in [0.29, 0.717) is 5.95 Å². The zero-order valence-electron chi connectivity index (χ0n) is 15.7. The van der Waals surface area contributed by atoms with Crippen molar-refractivity contribution in [1.82, 2.24) is 9.97 Å². The number of hydrogen-bond donors (Lipinski definition) is 1. The van der Waals surface area contributed by atoms with Crippen LogP contribution in [0.25, 0.3) is 0 Å². The maximum absolute atomic E-state index is 13.3. The zero-order chi connectivity index (χ0) is 17.8. The van der Waals surface area contributed by atoms with Gasteiger partial charge in [0.25, 0.3) is 0 Å². The highest BCUT2D eigenvalue weighted by Gasteiger charge is 2.54. The molecule has 6 nitrogen and oxygen atoms in total. The van der Waals surface area contributed by atoms with Crippen molar-refractivity contribution < 1.29 is 4.79 Å². The predicted octanol–water partition coefficient (Wildman–Crippen LogP) is 2.76. The molecule has 4 fully saturated rings. The molecule has 1 N–H and O–H groups in total. The SMILES string of the molecule is CN(C)c1ncc(NC(=O)C23CC4CC(CC(C4)C2)C3)c(N(C)C)n1. The maximum Gasteiger partial charge on any atom is 0.230 e. The number of nitrogens with zero attached hydrogens (tertiary/aromatic N) is 4. The van der Waals surface area contributed by atoms with Gasteiger partial charge in [-0.25, -0.2) is 4.98 Å². The smallest absolute Gasteiger partial charge is 0.230 e. The van der Waals surface area contributed by atoms with Gasteiger partial charge in [0.1, 0.15) is 5.69 Å². The first kappa shape index (κ1) is 16.6. The van der Waals surface area contributed by atoms with Crippen molar-refractivity contribution in [2.45, 2.75) is 38.5 Å². The number of anilines is 3. The van der Waals surface area contributed by atoms with Crippen molar-refractivity contribution in [3.63, 3.8) is 0 Å². The largest absolute Gasteiger partial charge is 0.361 e. The topological polar surface area (TPSA) is 61.4 Å². The second-order valence-electron chi connectivity index (χ2n) is 8.85. The van der Waals surface area contributed by atoms with E-state index in [1.807, 2.05) is 38.0 Å². The third-order valence-electron chi connectivity index (χ3n) is 6.35. The summed E-state index contributed by atoms with van der Waals surface area (Å²) in [6.07, 6.45) is 8.98. The van der Waals surface area contributed by atoms with Crippen molar-refractivity contribution in [2.75, 3.05) is 43.3 Å². The minimum absolute atomic E-state index is 0.154. The minimum Gasteiger partial charge on any atom is -0.361 e. The molecule has 0 radical (unpaired) electrons. The fraction of sp³-hybridized carbons (Fsp3) is 0.737. The molecule has 4 bridgehead atoms. The van der Waals surface area contributed by atoms with Crippen molar-refractivity contribution in [2.24, 2.45) is 23.2 Å². The van der Waals surface area contributed by atoms with Crippen molar-refractivity contribution >= 4 is 23.4 Å². The second kappa shape index (κ2) is 5.85. The maximum atomic E-state index is 13.3. The Labute approximate surface area is 150 Å². The Bertz CT molecular complexity index is 649. The Hall–Kier alpha value is -1.85. The molecule has 6 heteroatoms. The molecule has 1 amide bonds. The third kappa shape index (κ3) is 2.85. The summed E-state index contributed by atoms with van der Waals surface area (Å²) < 4.78 is 0. The summed E-state index contributed by atoms with van der Waals surface area (Å²) in [6, 6.07) is 0. The molecule has 1 heterocycles. The lowest BCUT2D eigenvalue weighted by Gasteiger charge is -2.55. The first-order chi connectivity index (χ1) is 11.9. The summed E-state index contributed by atoms with van der Waals surface area (Å²) in [5.41, 5.74) is 0.565. The van der Waals surface area contributed by atoms with E-state index in [9.17, 15) is 4.79 Å². The van der Waals surface area contributed by atoms with Crippen LogP contribution in [0.3, 0.4) is 0 Å². The van der Waals surface area contributed by atoms with E-state index in [1.54, 1.807) is 6.20 Å². The first-order valence-electron chi connectivity index (χ1n) is 9.39. The third-order valence-corrected chi connectivity index (χ3v) is 6.35. The molecular weight excluding hydrogens is 314 g/mol. The standard InChI is InChI=1S/C19H29N5O/c1-23(2)16-15(11-20-18(22-16)24(3)4)21-17(25)19-8-12-5-13(9-19)7-14(6-12)10-19/h11-14H,5-10H2,1-4H3,(H,21,25). The zero-order valence-corrected chi connectivity index (χ0v) is 15.7. The molecule has 136 valence electrons. The van der Waals surface area contributed by atoms with Crippen LogP contribution in [-0.2, 0) is 4.79 Å². The lowest BCUT2D eigenvalue weighted by atomic mass is 9.49. The van der Waals surface area contributed by atoms with Gasteiger partial charge in [-0.15, -0.1) is 0 Å². The van der Waals surface area contributed by atoms with Crippen LogP contribution in [0.4, 0.5) is 17.5 Å². The molecule has 5 rings (SSSR count). The van der Waals surface area contributed by atoms with Crippen molar-refractivity contribution in [1.29, 1.82) is 0 Å². The van der Waals surface area contributed by atoms with Gasteiger partial charge in [0, 0.05) is 28.2 Å². The van der Waals surface area contributed by atoms with Gasteiger partial charge in [-0.1, -0.05) is 0 Å². The van der Waals surface area contributed by atoms with Crippen LogP contribution in [0.5, 0.6) is 0 Å². The van der Waals surface area contributed by atoms with Gasteiger partial charge in [-0.2, -0.15) is 4.98 Å². The molecule has 0 aromatic carbocycles. The lowest BCUT2D eigenvalue weighted by molar-refractivity contribution is -0.140. The molecule has 4 aliphatic rings. The number of aromatic nitrogens is 2. The fourth-order valence-electron chi connectivity index (χ4n) is 5.65. The minimum atomic E-state index is -0.154. The van der Waals surface area contributed by atoms with E-state index >= 15 is 0 Å². The van der Waals surface area contributed by atoms with Crippen molar-refractivity contribution in [3.05, 3.63) is 6.20 Å². The molecule has 0 unspecified atom stereocenters. The van der Waals surface area contributed by atoms with Gasteiger partial charge in [-0.05, 0) is 56.3 Å². The van der Waals surface area contributed by atoms with Gasteiger partial charge in [0.05, 0.1) is 11.6 Å². The van der Waals surface area contributed by atoms with Crippen LogP contribution in [0, 0.1) is 23.2 Å². The summed E-state index contributed by atoms with van der Waals surface area (Å²) in [4.78, 5) is 26.1. The highest BCUT2D eigenvalue weighted by atomic mass is 16.2. The summed E-state index contributed by atoms with van der Waals surface area (Å²) in [5, 5.41) is 3.19. The summed E-state index contributed by atoms with van der Waals surface area (Å²) in [6.45, 7) is 0. The van der Waals surface area contributed by atoms with E-state index in [0.717, 1.165) is 48.5 Å². The molecule has 4 saturated carbocycles. The quantitative estimate of drug-likeness (QED) is 0.911. The monoisotopic (exact) mass is 343 g/mol. The molecule has 0 atom stereocenters. The summed E-state index contributed by atoms with van der Waals surface area (Å²) in [7, 11) is 7.73. The molecule has 0 aliphatic heterocycles. The number of carbonyl (C=O) groups excluding carboxylic acids is 1. The van der Waals surface area contributed by atoms with E-state index in [2.05, 4.69) is 15.3 Å². The molecule has 1 aromatic heterocycles. The first-order valence-corrected chi connectivity index (χ1v) is 9.39. The second-order valence-corrected chi connectivity index (χ2v) is 8.85. The normalized spacial score (nSPS) is 32.6. The fourth-order valence-corrected chi connectivity index (χ4v) is 5.65. The molecule has 25 heavy (non-hydrogen) atoms. The molecular formula is C19H29N5O. The van der Waals surface area contributed by atoms with Crippen LogP contribution in [-0.4, -0.2) is 44.1 Å². The average molecular weight is 343 g/mol. The lowest BCUT2D eigenvalue weighted by Crippen LogP contribution is -2.51. The Morgan fingerprint density at radius 2 is 1.60 bits per heavy atom.